The molecular weight excluding hydrogens is 228 g/mol. The monoisotopic (exact) mass is 248 g/mol. The van der Waals surface area contributed by atoms with Crippen molar-refractivity contribution in [3.05, 3.63) is 11.6 Å². The van der Waals surface area contributed by atoms with Crippen LogP contribution >= 0.6 is 0 Å². The molecule has 0 radical (unpaired) electrons. The molecule has 0 saturated carbocycles. The van der Waals surface area contributed by atoms with Gasteiger partial charge in [-0.25, -0.2) is 0 Å². The molecule has 0 unspecified atom stereocenters. The topological polar surface area (TPSA) is 99.4 Å². The van der Waals surface area contributed by atoms with E-state index in [2.05, 4.69) is 0 Å². The molecule has 6 heteroatoms. The number of hydrogen-bond donors (Lipinski definition) is 4. The van der Waals surface area contributed by atoms with Crippen molar-refractivity contribution >= 4 is 0 Å². The van der Waals surface area contributed by atoms with Crippen molar-refractivity contribution in [3.63, 3.8) is 0 Å². The highest BCUT2D eigenvalue weighted by Gasteiger charge is 2.43. The maximum atomic E-state index is 9.62. The molecule has 1 aliphatic rings. The Bertz CT molecular complexity index is 261. The van der Waals surface area contributed by atoms with Gasteiger partial charge in [0.1, 0.15) is 24.4 Å². The van der Waals surface area contributed by atoms with Crippen LogP contribution < -0.4 is 0 Å². The Morgan fingerprint density at radius 3 is 2.35 bits per heavy atom. The molecule has 0 bridgehead atoms. The average molecular weight is 248 g/mol. The quantitative estimate of drug-likeness (QED) is 0.465. The zero-order valence-electron chi connectivity index (χ0n) is 9.98. The molecule has 1 rings (SSSR count). The zero-order valence-corrected chi connectivity index (χ0v) is 9.98. The molecule has 1 saturated heterocycles. The van der Waals surface area contributed by atoms with Crippen molar-refractivity contribution in [2.24, 2.45) is 0 Å². The fourth-order valence-corrected chi connectivity index (χ4v) is 1.51. The maximum absolute atomic E-state index is 9.62. The lowest BCUT2D eigenvalue weighted by Crippen LogP contribution is -2.59. The standard InChI is InChI=1S/C11H20O6/c1-6(2)3-4-16-11-10(15)9(14)8(13)7(5-12)17-11/h3,7-15H,4-5H2,1-2H3/t7-,8-,9+,10-,11+/m1/s1. The maximum Gasteiger partial charge on any atom is 0.187 e. The molecule has 1 fully saturated rings. The van der Waals surface area contributed by atoms with Gasteiger partial charge < -0.3 is 29.9 Å². The van der Waals surface area contributed by atoms with Crippen LogP contribution in [0.3, 0.4) is 0 Å². The van der Waals surface area contributed by atoms with Gasteiger partial charge in [-0.3, -0.25) is 0 Å². The number of ether oxygens (including phenoxy) is 2. The fourth-order valence-electron chi connectivity index (χ4n) is 1.51. The highest BCUT2D eigenvalue weighted by Crippen LogP contribution is 2.21. The third-order valence-corrected chi connectivity index (χ3v) is 2.60. The van der Waals surface area contributed by atoms with Crippen molar-refractivity contribution in [2.75, 3.05) is 13.2 Å². The van der Waals surface area contributed by atoms with E-state index in [0.29, 0.717) is 0 Å². The first-order valence-electron chi connectivity index (χ1n) is 5.53. The molecule has 0 amide bonds. The molecule has 4 N–H and O–H groups in total. The van der Waals surface area contributed by atoms with Crippen molar-refractivity contribution < 1.29 is 29.9 Å². The molecule has 0 aromatic heterocycles. The van der Waals surface area contributed by atoms with Crippen LogP contribution in [0.4, 0.5) is 0 Å². The summed E-state index contributed by atoms with van der Waals surface area (Å²) in [5.41, 5.74) is 1.05. The fraction of sp³-hybridized carbons (Fsp3) is 0.818. The third kappa shape index (κ3) is 3.74. The van der Waals surface area contributed by atoms with Crippen molar-refractivity contribution in [1.82, 2.24) is 0 Å². The van der Waals surface area contributed by atoms with E-state index in [1.165, 1.54) is 0 Å². The molecule has 0 aromatic carbocycles. The van der Waals surface area contributed by atoms with E-state index in [4.69, 9.17) is 14.6 Å². The summed E-state index contributed by atoms with van der Waals surface area (Å²) in [6.07, 6.45) is -4.26. The molecule has 1 aliphatic heterocycles. The first-order valence-corrected chi connectivity index (χ1v) is 5.53. The number of allylic oxidation sites excluding steroid dienone is 1. The Balaban J connectivity index is 2.56. The lowest BCUT2D eigenvalue weighted by Gasteiger charge is -2.39. The van der Waals surface area contributed by atoms with Gasteiger partial charge in [0.05, 0.1) is 13.2 Å². The van der Waals surface area contributed by atoms with E-state index in [1.807, 2.05) is 13.8 Å². The SMILES string of the molecule is CC(C)=CCO[C@H]1O[C@H](CO)[C@@H](O)[C@H](O)[C@H]1O. The minimum absolute atomic E-state index is 0.227. The van der Waals surface area contributed by atoms with Gasteiger partial charge >= 0.3 is 0 Å². The summed E-state index contributed by atoms with van der Waals surface area (Å²) in [6.45, 7) is 3.58. The molecule has 0 aromatic rings. The first-order chi connectivity index (χ1) is 7.97. The largest absolute Gasteiger partial charge is 0.394 e. The molecule has 100 valence electrons. The molecule has 6 nitrogen and oxygen atoms in total. The lowest BCUT2D eigenvalue weighted by molar-refractivity contribution is -0.298. The molecule has 0 aliphatic carbocycles. The Morgan fingerprint density at radius 2 is 1.82 bits per heavy atom. The van der Waals surface area contributed by atoms with Crippen LogP contribution in [0.5, 0.6) is 0 Å². The highest BCUT2D eigenvalue weighted by atomic mass is 16.7. The van der Waals surface area contributed by atoms with Crippen LogP contribution in [-0.4, -0.2) is 64.3 Å². The van der Waals surface area contributed by atoms with Crippen LogP contribution in [0.1, 0.15) is 13.8 Å². The van der Waals surface area contributed by atoms with Gasteiger partial charge in [-0.1, -0.05) is 11.6 Å². The van der Waals surface area contributed by atoms with Crippen LogP contribution in [0.25, 0.3) is 0 Å². The normalized spacial score (nSPS) is 37.9. The van der Waals surface area contributed by atoms with Gasteiger partial charge in [-0.2, -0.15) is 0 Å². The second kappa shape index (κ2) is 6.44. The molecule has 1 heterocycles. The Morgan fingerprint density at radius 1 is 1.18 bits per heavy atom. The van der Waals surface area contributed by atoms with Gasteiger partial charge in [0, 0.05) is 0 Å². The van der Waals surface area contributed by atoms with Crippen LogP contribution in [0.15, 0.2) is 11.6 Å². The van der Waals surface area contributed by atoms with Gasteiger partial charge in [-0.05, 0) is 13.8 Å². The summed E-state index contributed by atoms with van der Waals surface area (Å²) in [5, 5.41) is 37.6. The van der Waals surface area contributed by atoms with Gasteiger partial charge in [0.15, 0.2) is 6.29 Å². The summed E-state index contributed by atoms with van der Waals surface area (Å²) in [6, 6.07) is 0. The molecule has 5 atom stereocenters. The Hall–Kier alpha value is -0.500. The van der Waals surface area contributed by atoms with Gasteiger partial charge in [0.2, 0.25) is 0 Å². The van der Waals surface area contributed by atoms with Crippen molar-refractivity contribution in [1.29, 1.82) is 0 Å². The summed E-state index contributed by atoms with van der Waals surface area (Å²) in [5.74, 6) is 0. The zero-order chi connectivity index (χ0) is 13.0. The number of aliphatic hydroxyl groups excluding tert-OH is 4. The molecule has 0 spiro atoms. The van der Waals surface area contributed by atoms with E-state index in [-0.39, 0.29) is 6.61 Å². The van der Waals surface area contributed by atoms with Crippen molar-refractivity contribution in [3.8, 4) is 0 Å². The molecular formula is C11H20O6. The minimum atomic E-state index is -1.39. The highest BCUT2D eigenvalue weighted by molar-refractivity contribution is 4.94. The predicted octanol–water partition coefficient (Wildman–Crippen LogP) is -1.23. The van der Waals surface area contributed by atoms with Crippen LogP contribution in [0.2, 0.25) is 0 Å². The van der Waals surface area contributed by atoms with Crippen LogP contribution in [-0.2, 0) is 9.47 Å². The van der Waals surface area contributed by atoms with E-state index in [9.17, 15) is 15.3 Å². The summed E-state index contributed by atoms with van der Waals surface area (Å²) < 4.78 is 10.4. The van der Waals surface area contributed by atoms with Gasteiger partial charge in [0.25, 0.3) is 0 Å². The first kappa shape index (κ1) is 14.6. The minimum Gasteiger partial charge on any atom is -0.394 e. The number of hydrogen-bond acceptors (Lipinski definition) is 6. The molecule has 17 heavy (non-hydrogen) atoms. The van der Waals surface area contributed by atoms with E-state index < -0.39 is 37.3 Å². The van der Waals surface area contributed by atoms with Gasteiger partial charge in [-0.15, -0.1) is 0 Å². The summed E-state index contributed by atoms with van der Waals surface area (Å²) in [4.78, 5) is 0. The van der Waals surface area contributed by atoms with Crippen LogP contribution in [0, 0.1) is 0 Å². The van der Waals surface area contributed by atoms with Crippen molar-refractivity contribution in [2.45, 2.75) is 44.6 Å². The number of aliphatic hydroxyl groups is 4. The van der Waals surface area contributed by atoms with E-state index >= 15 is 0 Å². The summed E-state index contributed by atoms with van der Waals surface area (Å²) >= 11 is 0. The smallest absolute Gasteiger partial charge is 0.187 e. The number of rotatable bonds is 4. The second-order valence-electron chi connectivity index (χ2n) is 4.31. The Labute approximate surface area is 100 Å². The summed E-state index contributed by atoms with van der Waals surface area (Å²) in [7, 11) is 0. The average Bonchev–Trinajstić information content (AvgIpc) is 2.29. The second-order valence-corrected chi connectivity index (χ2v) is 4.31. The predicted molar refractivity (Wildman–Crippen MR) is 59.2 cm³/mol. The van der Waals surface area contributed by atoms with E-state index in [1.54, 1.807) is 6.08 Å². The third-order valence-electron chi connectivity index (χ3n) is 2.60. The lowest BCUT2D eigenvalue weighted by atomic mass is 9.99. The Kier molecular flexibility index (Phi) is 5.51. The van der Waals surface area contributed by atoms with E-state index in [0.717, 1.165) is 5.57 Å².